The molecule has 0 saturated carbocycles. The predicted octanol–water partition coefficient (Wildman–Crippen LogP) is -1.14. The lowest BCUT2D eigenvalue weighted by atomic mass is 9.98. The first-order chi connectivity index (χ1) is 8.95. The van der Waals surface area contributed by atoms with E-state index in [-0.39, 0.29) is 4.64 Å². The van der Waals surface area contributed by atoms with Gasteiger partial charge in [-0.3, -0.25) is 9.55 Å². The topological polar surface area (TPSA) is 108 Å². The molecule has 4 atom stereocenters. The van der Waals surface area contributed by atoms with Gasteiger partial charge in [0.1, 0.15) is 23.5 Å². The Hall–Kier alpha value is -1.13. The minimum absolute atomic E-state index is 0.188. The van der Waals surface area contributed by atoms with Crippen LogP contribution < -0.4 is 5.69 Å². The smallest absolute Gasteiger partial charge is 0.328 e. The maximum Gasteiger partial charge on any atom is 0.328 e. The number of aromatic nitrogens is 2. The number of aliphatic hydroxyl groups is 3. The van der Waals surface area contributed by atoms with Crippen molar-refractivity contribution < 1.29 is 24.4 Å². The largest absolute Gasteiger partial charge is 0.393 e. The Labute approximate surface area is 111 Å². The molecule has 1 fully saturated rings. The Balaban J connectivity index is 2.42. The SMILES string of the molecule is O=c1[nH]c(=S)ccn1[C@@H]1O[C@@](CO)(CF)C(O)[C@@H]1O. The normalized spacial score (nSPS) is 34.6. The highest BCUT2D eigenvalue weighted by Gasteiger charge is 2.55. The van der Waals surface area contributed by atoms with Crippen LogP contribution in [0, 0.1) is 4.64 Å². The molecule has 1 aromatic rings. The highest BCUT2D eigenvalue weighted by molar-refractivity contribution is 7.71. The van der Waals surface area contributed by atoms with Crippen molar-refractivity contribution >= 4 is 12.2 Å². The third-order valence-corrected chi connectivity index (χ3v) is 3.37. The third-order valence-electron chi connectivity index (χ3n) is 3.13. The van der Waals surface area contributed by atoms with Crippen LogP contribution in [0.3, 0.4) is 0 Å². The fourth-order valence-electron chi connectivity index (χ4n) is 1.98. The summed E-state index contributed by atoms with van der Waals surface area (Å²) in [6.07, 6.45) is -3.25. The molecular formula is C10H13FN2O5S. The molecule has 0 bridgehead atoms. The van der Waals surface area contributed by atoms with E-state index in [4.69, 9.17) is 22.1 Å². The van der Waals surface area contributed by atoms with Crippen LogP contribution in [-0.2, 0) is 4.74 Å². The summed E-state index contributed by atoms with van der Waals surface area (Å²) in [5.74, 6) is 0. The van der Waals surface area contributed by atoms with Gasteiger partial charge in [0.15, 0.2) is 11.8 Å². The molecule has 1 aromatic heterocycles. The molecule has 7 nitrogen and oxygen atoms in total. The van der Waals surface area contributed by atoms with Gasteiger partial charge in [0.2, 0.25) is 0 Å². The van der Waals surface area contributed by atoms with Crippen LogP contribution >= 0.6 is 12.2 Å². The number of nitrogens with zero attached hydrogens (tertiary/aromatic N) is 1. The maximum atomic E-state index is 13.0. The number of hydrogen-bond acceptors (Lipinski definition) is 6. The van der Waals surface area contributed by atoms with Crippen molar-refractivity contribution in [3.8, 4) is 0 Å². The Morgan fingerprint density at radius 1 is 1.58 bits per heavy atom. The molecule has 19 heavy (non-hydrogen) atoms. The van der Waals surface area contributed by atoms with Crippen LogP contribution in [0.15, 0.2) is 17.1 Å². The number of hydrogen-bond donors (Lipinski definition) is 4. The molecule has 2 rings (SSSR count). The minimum Gasteiger partial charge on any atom is -0.393 e. The fraction of sp³-hybridized carbons (Fsp3) is 0.600. The van der Waals surface area contributed by atoms with Crippen molar-refractivity contribution in [3.05, 3.63) is 27.4 Å². The van der Waals surface area contributed by atoms with E-state index in [2.05, 4.69) is 4.98 Å². The molecule has 1 saturated heterocycles. The first-order valence-electron chi connectivity index (χ1n) is 5.47. The molecule has 1 aliphatic heterocycles. The minimum atomic E-state index is -1.93. The molecule has 0 amide bonds. The lowest BCUT2D eigenvalue weighted by Gasteiger charge is -2.26. The molecule has 0 aliphatic carbocycles. The fourth-order valence-corrected chi connectivity index (χ4v) is 2.13. The maximum absolute atomic E-state index is 13.0. The molecule has 4 N–H and O–H groups in total. The lowest BCUT2D eigenvalue weighted by molar-refractivity contribution is -0.138. The molecule has 9 heteroatoms. The van der Waals surface area contributed by atoms with Crippen molar-refractivity contribution in [2.75, 3.05) is 13.3 Å². The van der Waals surface area contributed by atoms with Gasteiger partial charge in [-0.2, -0.15) is 0 Å². The summed E-state index contributed by atoms with van der Waals surface area (Å²) in [5.41, 5.74) is -2.60. The van der Waals surface area contributed by atoms with Crippen LogP contribution in [0.1, 0.15) is 6.23 Å². The summed E-state index contributed by atoms with van der Waals surface area (Å²) in [5, 5.41) is 28.7. The number of aliphatic hydroxyl groups excluding tert-OH is 3. The summed E-state index contributed by atoms with van der Waals surface area (Å²) in [4.78, 5) is 14.0. The molecule has 1 unspecified atom stereocenters. The Morgan fingerprint density at radius 2 is 2.26 bits per heavy atom. The molecule has 2 heterocycles. The highest BCUT2D eigenvalue weighted by atomic mass is 32.1. The summed E-state index contributed by atoms with van der Waals surface area (Å²) in [6.45, 7) is -2.02. The Bertz CT molecular complexity index is 570. The number of halogens is 1. The highest BCUT2D eigenvalue weighted by Crippen LogP contribution is 2.36. The number of alkyl halides is 1. The second kappa shape index (κ2) is 5.10. The van der Waals surface area contributed by atoms with Crippen molar-refractivity contribution in [1.29, 1.82) is 0 Å². The van der Waals surface area contributed by atoms with Gasteiger partial charge < -0.3 is 20.1 Å². The Morgan fingerprint density at radius 3 is 2.74 bits per heavy atom. The second-order valence-corrected chi connectivity index (χ2v) is 4.76. The zero-order valence-electron chi connectivity index (χ0n) is 9.69. The van der Waals surface area contributed by atoms with Gasteiger partial charge in [0.05, 0.1) is 6.61 Å². The average molecular weight is 292 g/mol. The zero-order chi connectivity index (χ0) is 14.2. The van der Waals surface area contributed by atoms with Gasteiger partial charge in [-0.1, -0.05) is 12.2 Å². The van der Waals surface area contributed by atoms with E-state index in [1.54, 1.807) is 0 Å². The molecule has 106 valence electrons. The van der Waals surface area contributed by atoms with Crippen molar-refractivity contribution in [2.24, 2.45) is 0 Å². The number of rotatable bonds is 3. The molecule has 0 radical (unpaired) electrons. The van der Waals surface area contributed by atoms with E-state index in [1.165, 1.54) is 12.3 Å². The quantitative estimate of drug-likeness (QED) is 0.524. The van der Waals surface area contributed by atoms with Crippen LogP contribution in [0.25, 0.3) is 0 Å². The van der Waals surface area contributed by atoms with Gasteiger partial charge in [-0.25, -0.2) is 9.18 Å². The number of nitrogens with one attached hydrogen (secondary N) is 1. The molecular weight excluding hydrogens is 279 g/mol. The number of ether oxygens (including phenoxy) is 1. The first kappa shape index (κ1) is 14.3. The third kappa shape index (κ3) is 2.23. The van der Waals surface area contributed by atoms with Crippen LogP contribution in [0.4, 0.5) is 4.39 Å². The van der Waals surface area contributed by atoms with Crippen molar-refractivity contribution in [1.82, 2.24) is 9.55 Å². The van der Waals surface area contributed by atoms with E-state index < -0.39 is 43.0 Å². The molecule has 0 spiro atoms. The van der Waals surface area contributed by atoms with Gasteiger partial charge in [-0.05, 0) is 6.07 Å². The second-order valence-electron chi connectivity index (χ2n) is 4.32. The summed E-state index contributed by atoms with van der Waals surface area (Å²) in [6, 6.07) is 1.38. The van der Waals surface area contributed by atoms with Crippen LogP contribution in [-0.4, -0.2) is 56.0 Å². The zero-order valence-corrected chi connectivity index (χ0v) is 10.5. The van der Waals surface area contributed by atoms with E-state index in [0.29, 0.717) is 0 Å². The van der Waals surface area contributed by atoms with Crippen molar-refractivity contribution in [3.63, 3.8) is 0 Å². The van der Waals surface area contributed by atoms with E-state index >= 15 is 0 Å². The van der Waals surface area contributed by atoms with E-state index in [9.17, 15) is 19.4 Å². The number of aromatic amines is 1. The molecule has 0 aromatic carbocycles. The monoisotopic (exact) mass is 292 g/mol. The van der Waals surface area contributed by atoms with E-state index in [0.717, 1.165) is 4.57 Å². The van der Waals surface area contributed by atoms with Crippen molar-refractivity contribution in [2.45, 2.75) is 24.0 Å². The number of H-pyrrole nitrogens is 1. The van der Waals surface area contributed by atoms with Gasteiger partial charge in [0.25, 0.3) is 0 Å². The van der Waals surface area contributed by atoms with Crippen LogP contribution in [0.5, 0.6) is 0 Å². The van der Waals surface area contributed by atoms with Gasteiger partial charge >= 0.3 is 5.69 Å². The summed E-state index contributed by atoms with van der Waals surface area (Å²) in [7, 11) is 0. The summed E-state index contributed by atoms with van der Waals surface area (Å²) >= 11 is 4.76. The standard InChI is InChI=1S/C10H13FN2O5S/c11-3-10(4-14)7(16)6(15)8(18-10)13-2-1-5(19)12-9(13)17/h1-2,6-8,14-16H,3-4H2,(H,12,17,19)/t6-,7?,8+,10+/m0/s1. The summed E-state index contributed by atoms with van der Waals surface area (Å²) < 4.78 is 19.3. The molecule has 1 aliphatic rings. The lowest BCUT2D eigenvalue weighted by Crippen LogP contribution is -2.48. The average Bonchev–Trinajstić information content (AvgIpc) is 2.64. The van der Waals surface area contributed by atoms with Gasteiger partial charge in [0, 0.05) is 6.20 Å². The first-order valence-corrected chi connectivity index (χ1v) is 5.88. The Kier molecular flexibility index (Phi) is 3.83. The van der Waals surface area contributed by atoms with Gasteiger partial charge in [-0.15, -0.1) is 0 Å². The predicted molar refractivity (Wildman–Crippen MR) is 63.8 cm³/mol. The van der Waals surface area contributed by atoms with Crippen LogP contribution in [0.2, 0.25) is 0 Å². The van der Waals surface area contributed by atoms with E-state index in [1.807, 2.05) is 0 Å².